The van der Waals surface area contributed by atoms with Crippen LogP contribution >= 0.6 is 0 Å². The Hall–Kier alpha value is -1.67. The van der Waals surface area contributed by atoms with Gasteiger partial charge in [0.2, 0.25) is 5.72 Å². The van der Waals surface area contributed by atoms with Crippen molar-refractivity contribution in [2.75, 3.05) is 6.61 Å². The molecule has 1 aliphatic heterocycles. The molecule has 2 rings (SSSR count). The van der Waals surface area contributed by atoms with E-state index < -0.39 is 48.0 Å². The van der Waals surface area contributed by atoms with Crippen LogP contribution in [0.25, 0.3) is 0 Å². The number of unbranched alkanes of at least 4 members (excludes halogenated alkanes) is 1. The Morgan fingerprint density at radius 2 is 2.12 bits per heavy atom. The highest BCUT2D eigenvalue weighted by Crippen LogP contribution is 2.44. The number of hydrogen-bond acceptors (Lipinski definition) is 9. The third kappa shape index (κ3) is 3.09. The summed E-state index contributed by atoms with van der Waals surface area (Å²) in [6, 6.07) is 0.799. The Kier molecular flexibility index (Phi) is 5.97. The van der Waals surface area contributed by atoms with E-state index in [1.807, 2.05) is 0 Å². The molecule has 1 aromatic heterocycles. The lowest BCUT2D eigenvalue weighted by Gasteiger charge is -2.42. The molecule has 0 amide bonds. The molecule has 0 radical (unpaired) electrons. The summed E-state index contributed by atoms with van der Waals surface area (Å²) in [6.45, 7) is 0.832. The fourth-order valence-corrected chi connectivity index (χ4v) is 2.83. The second kappa shape index (κ2) is 7.52. The van der Waals surface area contributed by atoms with Gasteiger partial charge in [0.1, 0.15) is 12.2 Å². The molecule has 26 heavy (non-hydrogen) atoms. The minimum absolute atomic E-state index is 0.261. The molecule has 0 aromatic carbocycles. The maximum absolute atomic E-state index is 14.3. The molecule has 0 bridgehead atoms. The Bertz CT molecular complexity index is 741. The highest BCUT2D eigenvalue weighted by molar-refractivity contribution is 5.05. The van der Waals surface area contributed by atoms with E-state index in [1.165, 1.54) is 0 Å². The summed E-state index contributed by atoms with van der Waals surface area (Å²) in [7, 11) is 0. The number of ether oxygens (including phenoxy) is 1. The van der Waals surface area contributed by atoms with Gasteiger partial charge in [0, 0.05) is 12.3 Å². The number of aromatic amines is 1. The van der Waals surface area contributed by atoms with Gasteiger partial charge < -0.3 is 30.4 Å². The largest absolute Gasteiger partial charge is 0.394 e. The Morgan fingerprint density at radius 1 is 1.46 bits per heavy atom. The summed E-state index contributed by atoms with van der Waals surface area (Å²) in [4.78, 5) is 25.0. The van der Waals surface area contributed by atoms with Crippen molar-refractivity contribution in [1.29, 1.82) is 0 Å². The van der Waals surface area contributed by atoms with Crippen LogP contribution in [0.5, 0.6) is 0 Å². The van der Waals surface area contributed by atoms with Gasteiger partial charge in [0.25, 0.3) is 5.56 Å². The van der Waals surface area contributed by atoms with E-state index in [-0.39, 0.29) is 16.1 Å². The van der Waals surface area contributed by atoms with Crippen molar-refractivity contribution in [3.8, 4) is 0 Å². The molecular formula is C14H22FN3O8. The quantitative estimate of drug-likeness (QED) is 0.174. The maximum Gasteiger partial charge on any atom is 0.332 e. The van der Waals surface area contributed by atoms with Crippen molar-refractivity contribution in [3.05, 3.63) is 33.1 Å². The predicted octanol–water partition coefficient (Wildman–Crippen LogP) is -2.24. The second-order valence-electron chi connectivity index (χ2n) is 6.02. The van der Waals surface area contributed by atoms with Crippen LogP contribution in [0.2, 0.25) is 0 Å². The molecule has 5 atom stereocenters. The van der Waals surface area contributed by atoms with Crippen molar-refractivity contribution in [2.24, 2.45) is 0 Å². The van der Waals surface area contributed by atoms with Gasteiger partial charge in [-0.3, -0.25) is 9.78 Å². The van der Waals surface area contributed by atoms with E-state index >= 15 is 0 Å². The van der Waals surface area contributed by atoms with E-state index in [4.69, 9.17) is 4.74 Å². The number of nitrogens with zero attached hydrogens (tertiary/aromatic N) is 2. The minimum Gasteiger partial charge on any atom is -0.394 e. The van der Waals surface area contributed by atoms with Crippen molar-refractivity contribution in [1.82, 2.24) is 14.6 Å². The number of hydroxylamine groups is 2. The third-order valence-electron chi connectivity index (χ3n) is 4.30. The molecule has 1 aliphatic rings. The van der Waals surface area contributed by atoms with Crippen molar-refractivity contribution < 1.29 is 34.8 Å². The van der Waals surface area contributed by atoms with Crippen molar-refractivity contribution >= 4 is 0 Å². The zero-order valence-corrected chi connectivity index (χ0v) is 13.9. The molecule has 148 valence electrons. The van der Waals surface area contributed by atoms with Crippen LogP contribution in [-0.4, -0.2) is 71.1 Å². The van der Waals surface area contributed by atoms with Gasteiger partial charge >= 0.3 is 11.6 Å². The summed E-state index contributed by atoms with van der Waals surface area (Å²) < 4.78 is 19.6. The van der Waals surface area contributed by atoms with Gasteiger partial charge in [-0.2, -0.15) is 0 Å². The first-order chi connectivity index (χ1) is 12.1. The third-order valence-corrected chi connectivity index (χ3v) is 4.30. The molecule has 0 aliphatic carbocycles. The van der Waals surface area contributed by atoms with E-state index in [9.17, 15) is 39.6 Å². The SMILES string of the molecule is CCCCC(F)N(O)[C@@]1(O)[C@H](O)[C@@H](CO)O[C@@]1(O)n1ccc(=O)[nH]c1=O. The lowest BCUT2D eigenvalue weighted by Crippen LogP contribution is -2.69. The van der Waals surface area contributed by atoms with Crippen LogP contribution in [0.3, 0.4) is 0 Å². The standard InChI is InChI=1S/C14H22FN3O8/c1-2-3-4-9(15)18(25)13(23)11(21)8(7-19)26-14(13,24)17-6-5-10(20)16-12(17)22/h5-6,8-9,11,19,21,23-25H,2-4,7H2,1H3,(H,16,20,22)/t8-,9?,11-,13-,14-/m1/s1. The van der Waals surface area contributed by atoms with Crippen LogP contribution in [0.4, 0.5) is 4.39 Å². The molecular weight excluding hydrogens is 357 g/mol. The Morgan fingerprint density at radius 3 is 2.65 bits per heavy atom. The number of aromatic nitrogens is 2. The highest BCUT2D eigenvalue weighted by atomic mass is 19.1. The number of aliphatic hydroxyl groups excluding tert-OH is 2. The molecule has 6 N–H and O–H groups in total. The average molecular weight is 379 g/mol. The fraction of sp³-hybridized carbons (Fsp3) is 0.714. The lowest BCUT2D eigenvalue weighted by atomic mass is 10.00. The van der Waals surface area contributed by atoms with Gasteiger partial charge in [-0.1, -0.05) is 13.3 Å². The maximum atomic E-state index is 14.3. The Labute approximate surface area is 146 Å². The fourth-order valence-electron chi connectivity index (χ4n) is 2.83. The van der Waals surface area contributed by atoms with Gasteiger partial charge in [-0.25, -0.2) is 13.8 Å². The van der Waals surface area contributed by atoms with Crippen LogP contribution in [-0.2, 0) is 10.6 Å². The van der Waals surface area contributed by atoms with Gasteiger partial charge in [0.15, 0.2) is 6.30 Å². The van der Waals surface area contributed by atoms with E-state index in [2.05, 4.69) is 0 Å². The highest BCUT2D eigenvalue weighted by Gasteiger charge is 2.71. The molecule has 0 spiro atoms. The summed E-state index contributed by atoms with van der Waals surface area (Å²) >= 11 is 0. The van der Waals surface area contributed by atoms with Crippen molar-refractivity contribution in [2.45, 2.75) is 56.3 Å². The summed E-state index contributed by atoms with van der Waals surface area (Å²) in [5, 5.41) is 51.0. The van der Waals surface area contributed by atoms with Gasteiger partial charge in [0.05, 0.1) is 6.61 Å². The Balaban J connectivity index is 2.57. The number of H-pyrrole nitrogens is 1. The minimum atomic E-state index is -3.27. The topological polar surface area (TPSA) is 168 Å². The number of nitrogens with one attached hydrogen (secondary N) is 1. The molecule has 0 saturated carbocycles. The zero-order valence-electron chi connectivity index (χ0n) is 13.9. The van der Waals surface area contributed by atoms with Crippen LogP contribution in [0.1, 0.15) is 26.2 Å². The first kappa shape index (κ1) is 20.6. The first-order valence-corrected chi connectivity index (χ1v) is 7.99. The normalized spacial score (nSPS) is 32.9. The molecule has 2 heterocycles. The molecule has 1 aromatic rings. The van der Waals surface area contributed by atoms with Gasteiger partial charge in [-0.05, 0) is 12.8 Å². The van der Waals surface area contributed by atoms with Crippen LogP contribution in [0, 0.1) is 0 Å². The molecule has 12 heteroatoms. The average Bonchev–Trinajstić information content (AvgIpc) is 2.81. The van der Waals surface area contributed by atoms with E-state index in [0.29, 0.717) is 12.8 Å². The zero-order chi connectivity index (χ0) is 19.7. The van der Waals surface area contributed by atoms with Crippen LogP contribution in [0.15, 0.2) is 21.9 Å². The van der Waals surface area contributed by atoms with E-state index in [0.717, 1.165) is 12.3 Å². The number of hydrogen-bond donors (Lipinski definition) is 6. The smallest absolute Gasteiger partial charge is 0.332 e. The van der Waals surface area contributed by atoms with Gasteiger partial charge in [-0.15, -0.1) is 5.06 Å². The second-order valence-corrected chi connectivity index (χ2v) is 6.02. The predicted molar refractivity (Wildman–Crippen MR) is 82.5 cm³/mol. The van der Waals surface area contributed by atoms with Crippen molar-refractivity contribution in [3.63, 3.8) is 0 Å². The number of alkyl halides is 1. The molecule has 11 nitrogen and oxygen atoms in total. The monoisotopic (exact) mass is 379 g/mol. The number of aliphatic hydroxyl groups is 4. The molecule has 1 saturated heterocycles. The van der Waals surface area contributed by atoms with Crippen LogP contribution < -0.4 is 11.2 Å². The number of halogens is 1. The molecule has 1 unspecified atom stereocenters. The first-order valence-electron chi connectivity index (χ1n) is 7.99. The number of rotatable bonds is 7. The summed E-state index contributed by atoms with van der Waals surface area (Å²) in [5.41, 5.74) is -5.36. The lowest BCUT2D eigenvalue weighted by molar-refractivity contribution is -0.428. The summed E-state index contributed by atoms with van der Waals surface area (Å²) in [6.07, 6.45) is -4.77. The van der Waals surface area contributed by atoms with E-state index in [1.54, 1.807) is 11.9 Å². The summed E-state index contributed by atoms with van der Waals surface area (Å²) in [5.74, 6) is -3.22. The molecule has 1 fully saturated rings.